The van der Waals surface area contributed by atoms with Gasteiger partial charge in [0.2, 0.25) is 0 Å². The molecule has 2 N–H and O–H groups in total. The largest absolute Gasteiger partial charge is 0.416 e. The van der Waals surface area contributed by atoms with E-state index in [0.717, 1.165) is 24.1 Å². The summed E-state index contributed by atoms with van der Waals surface area (Å²) in [6, 6.07) is 4.90. The van der Waals surface area contributed by atoms with Crippen molar-refractivity contribution in [1.82, 2.24) is 9.97 Å². The fraction of sp³-hybridized carbons (Fsp3) is 0.286. The van der Waals surface area contributed by atoms with E-state index in [2.05, 4.69) is 9.97 Å². The maximum absolute atomic E-state index is 12.5. The molecule has 0 bridgehead atoms. The van der Waals surface area contributed by atoms with E-state index in [1.165, 1.54) is 18.5 Å². The van der Waals surface area contributed by atoms with E-state index >= 15 is 0 Å². The van der Waals surface area contributed by atoms with Crippen molar-refractivity contribution in [2.75, 3.05) is 5.73 Å². The number of aromatic nitrogens is 2. The molecule has 1 aromatic carbocycles. The van der Waals surface area contributed by atoms with Gasteiger partial charge >= 0.3 is 6.18 Å². The van der Waals surface area contributed by atoms with Crippen LogP contribution in [0, 0.1) is 0 Å². The smallest absolute Gasteiger partial charge is 0.383 e. The Bertz CT molecular complexity index is 592. The Morgan fingerprint density at radius 2 is 1.75 bits per heavy atom. The molecule has 3 nitrogen and oxygen atoms in total. The minimum absolute atomic E-state index is 0.372. The third kappa shape index (κ3) is 2.89. The van der Waals surface area contributed by atoms with Crippen molar-refractivity contribution in [3.8, 4) is 11.3 Å². The lowest BCUT2D eigenvalue weighted by Gasteiger charge is -2.11. The van der Waals surface area contributed by atoms with Gasteiger partial charge in [-0.05, 0) is 18.6 Å². The number of hydrogen-bond donors (Lipinski definition) is 1. The first-order chi connectivity index (χ1) is 9.43. The Labute approximate surface area is 114 Å². The average molecular weight is 281 g/mol. The molecule has 0 saturated carbocycles. The molecule has 0 radical (unpaired) electrons. The molecule has 0 spiro atoms. The van der Waals surface area contributed by atoms with Gasteiger partial charge in [0.25, 0.3) is 0 Å². The Kier molecular flexibility index (Phi) is 3.92. The number of nitrogens with two attached hydrogens (primary N) is 1. The molecular formula is C14H14F3N3. The first-order valence-electron chi connectivity index (χ1n) is 6.20. The van der Waals surface area contributed by atoms with Crippen LogP contribution < -0.4 is 5.73 Å². The van der Waals surface area contributed by atoms with Gasteiger partial charge in [0.15, 0.2) is 0 Å². The number of nitrogens with zero attached hydrogens (tertiary/aromatic N) is 2. The summed E-state index contributed by atoms with van der Waals surface area (Å²) < 4.78 is 37.6. The summed E-state index contributed by atoms with van der Waals surface area (Å²) in [5.41, 5.74) is 7.10. The zero-order chi connectivity index (χ0) is 14.8. The summed E-state index contributed by atoms with van der Waals surface area (Å²) in [5.74, 6) is 0.372. The number of hydrogen-bond acceptors (Lipinski definition) is 3. The monoisotopic (exact) mass is 281 g/mol. The predicted octanol–water partition coefficient (Wildman–Crippen LogP) is 3.70. The Morgan fingerprint density at radius 1 is 1.10 bits per heavy atom. The van der Waals surface area contributed by atoms with Gasteiger partial charge < -0.3 is 5.73 Å². The first-order valence-corrected chi connectivity index (χ1v) is 6.20. The molecule has 1 heterocycles. The fourth-order valence-corrected chi connectivity index (χ4v) is 1.99. The van der Waals surface area contributed by atoms with E-state index in [9.17, 15) is 13.2 Å². The lowest BCUT2D eigenvalue weighted by molar-refractivity contribution is -0.137. The number of rotatable bonds is 3. The Hall–Kier alpha value is -2.11. The summed E-state index contributed by atoms with van der Waals surface area (Å²) in [7, 11) is 0. The van der Waals surface area contributed by atoms with Crippen LogP contribution in [0.3, 0.4) is 0 Å². The maximum atomic E-state index is 12.5. The fourth-order valence-electron chi connectivity index (χ4n) is 1.99. The summed E-state index contributed by atoms with van der Waals surface area (Å²) >= 11 is 0. The van der Waals surface area contributed by atoms with Crippen molar-refractivity contribution in [3.63, 3.8) is 0 Å². The second-order valence-corrected chi connectivity index (χ2v) is 4.41. The van der Waals surface area contributed by atoms with Gasteiger partial charge in [0.1, 0.15) is 12.1 Å². The number of nitrogen functional groups attached to an aromatic ring is 1. The highest BCUT2D eigenvalue weighted by atomic mass is 19.4. The summed E-state index contributed by atoms with van der Waals surface area (Å²) in [6.07, 6.45) is -1.48. The molecular weight excluding hydrogens is 267 g/mol. The van der Waals surface area contributed by atoms with E-state index < -0.39 is 11.7 Å². The molecule has 2 rings (SSSR count). The van der Waals surface area contributed by atoms with Crippen LogP contribution in [0.25, 0.3) is 11.3 Å². The molecule has 0 saturated heterocycles. The van der Waals surface area contributed by atoms with Crippen LogP contribution in [0.1, 0.15) is 24.5 Å². The van der Waals surface area contributed by atoms with E-state index in [4.69, 9.17) is 5.73 Å². The molecule has 0 amide bonds. The van der Waals surface area contributed by atoms with Crippen molar-refractivity contribution >= 4 is 5.82 Å². The third-order valence-corrected chi connectivity index (χ3v) is 2.96. The predicted molar refractivity (Wildman–Crippen MR) is 70.9 cm³/mol. The van der Waals surface area contributed by atoms with Crippen LogP contribution in [0.5, 0.6) is 0 Å². The number of halogens is 3. The molecule has 0 aliphatic rings. The van der Waals surface area contributed by atoms with Gasteiger partial charge in [-0.3, -0.25) is 0 Å². The zero-order valence-electron chi connectivity index (χ0n) is 10.9. The minimum Gasteiger partial charge on any atom is -0.383 e. The normalized spacial score (nSPS) is 11.6. The Balaban J connectivity index is 2.44. The van der Waals surface area contributed by atoms with Crippen LogP contribution in [0.15, 0.2) is 30.6 Å². The molecule has 0 atom stereocenters. The lowest BCUT2D eigenvalue weighted by atomic mass is 10.0. The molecule has 6 heteroatoms. The molecule has 2 aromatic rings. The van der Waals surface area contributed by atoms with Crippen LogP contribution in [0.2, 0.25) is 0 Å². The molecule has 0 aliphatic carbocycles. The average Bonchev–Trinajstić information content (AvgIpc) is 2.40. The standard InChI is InChI=1S/C14H14F3N3/c1-2-3-11-12(19-8-20-13(11)18)9-4-6-10(7-5-9)14(15,16)17/h4-8H,2-3H2,1H3,(H2,18,19,20). The summed E-state index contributed by atoms with van der Waals surface area (Å²) in [4.78, 5) is 8.08. The molecule has 0 aliphatic heterocycles. The summed E-state index contributed by atoms with van der Waals surface area (Å²) in [5, 5.41) is 0. The van der Waals surface area contributed by atoms with E-state index in [0.29, 0.717) is 23.5 Å². The number of anilines is 1. The number of benzene rings is 1. The van der Waals surface area contributed by atoms with E-state index in [1.807, 2.05) is 6.92 Å². The van der Waals surface area contributed by atoms with Gasteiger partial charge in [-0.15, -0.1) is 0 Å². The highest BCUT2D eigenvalue weighted by Gasteiger charge is 2.30. The third-order valence-electron chi connectivity index (χ3n) is 2.96. The van der Waals surface area contributed by atoms with Gasteiger partial charge in [0, 0.05) is 11.1 Å². The van der Waals surface area contributed by atoms with Crippen LogP contribution in [-0.4, -0.2) is 9.97 Å². The summed E-state index contributed by atoms with van der Waals surface area (Å²) in [6.45, 7) is 1.99. The van der Waals surface area contributed by atoms with Crippen molar-refractivity contribution in [3.05, 3.63) is 41.7 Å². The van der Waals surface area contributed by atoms with Crippen molar-refractivity contribution in [2.45, 2.75) is 25.9 Å². The van der Waals surface area contributed by atoms with E-state index in [-0.39, 0.29) is 0 Å². The van der Waals surface area contributed by atoms with E-state index in [1.54, 1.807) is 0 Å². The lowest BCUT2D eigenvalue weighted by Crippen LogP contribution is -2.05. The first kappa shape index (κ1) is 14.3. The highest BCUT2D eigenvalue weighted by Crippen LogP contribution is 2.32. The second kappa shape index (κ2) is 5.48. The topological polar surface area (TPSA) is 51.8 Å². The quantitative estimate of drug-likeness (QED) is 0.933. The van der Waals surface area contributed by atoms with Gasteiger partial charge in [-0.2, -0.15) is 13.2 Å². The molecule has 1 aromatic heterocycles. The van der Waals surface area contributed by atoms with Gasteiger partial charge in [0.05, 0.1) is 11.3 Å². The van der Waals surface area contributed by atoms with Gasteiger partial charge in [-0.25, -0.2) is 9.97 Å². The van der Waals surface area contributed by atoms with Crippen LogP contribution >= 0.6 is 0 Å². The molecule has 0 unspecified atom stereocenters. The number of alkyl halides is 3. The van der Waals surface area contributed by atoms with Crippen molar-refractivity contribution in [2.24, 2.45) is 0 Å². The molecule has 106 valence electrons. The zero-order valence-corrected chi connectivity index (χ0v) is 10.9. The minimum atomic E-state index is -4.34. The maximum Gasteiger partial charge on any atom is 0.416 e. The van der Waals surface area contributed by atoms with Gasteiger partial charge in [-0.1, -0.05) is 25.5 Å². The van der Waals surface area contributed by atoms with Crippen molar-refractivity contribution in [1.29, 1.82) is 0 Å². The van der Waals surface area contributed by atoms with Crippen LogP contribution in [0.4, 0.5) is 19.0 Å². The highest BCUT2D eigenvalue weighted by molar-refractivity contribution is 5.67. The second-order valence-electron chi connectivity index (χ2n) is 4.41. The Morgan fingerprint density at radius 3 is 2.30 bits per heavy atom. The molecule has 20 heavy (non-hydrogen) atoms. The SMILES string of the molecule is CCCc1c(N)ncnc1-c1ccc(C(F)(F)F)cc1. The molecule has 0 fully saturated rings. The van der Waals surface area contributed by atoms with Crippen LogP contribution in [-0.2, 0) is 12.6 Å². The van der Waals surface area contributed by atoms with Crippen molar-refractivity contribution < 1.29 is 13.2 Å².